The monoisotopic (exact) mass is 447 g/mol. The number of halogens is 1. The highest BCUT2D eigenvalue weighted by Crippen LogP contribution is 2.37. The lowest BCUT2D eigenvalue weighted by molar-refractivity contribution is -0.145. The van der Waals surface area contributed by atoms with Crippen molar-refractivity contribution in [3.8, 4) is 11.5 Å². The molecule has 1 heterocycles. The fourth-order valence-electron chi connectivity index (χ4n) is 2.76. The van der Waals surface area contributed by atoms with Crippen LogP contribution in [0.4, 0.5) is 10.5 Å². The molecule has 1 unspecified atom stereocenters. The van der Waals surface area contributed by atoms with Gasteiger partial charge in [-0.3, -0.25) is 9.59 Å². The van der Waals surface area contributed by atoms with Crippen LogP contribution in [0.1, 0.15) is 18.9 Å². The summed E-state index contributed by atoms with van der Waals surface area (Å²) in [6.45, 7) is 1.70. The van der Waals surface area contributed by atoms with E-state index < -0.39 is 23.2 Å². The van der Waals surface area contributed by atoms with E-state index in [1.54, 1.807) is 55.5 Å². The molecule has 7 nitrogen and oxygen atoms in total. The topological polar surface area (TPSA) is 93.1 Å². The fraction of sp³-hybridized carbons (Fsp3) is 0.190. The van der Waals surface area contributed by atoms with E-state index in [0.29, 0.717) is 22.0 Å². The summed E-state index contributed by atoms with van der Waals surface area (Å²) in [6.07, 6.45) is 0.861. The zero-order valence-electron chi connectivity index (χ0n) is 16.1. The van der Waals surface area contributed by atoms with Gasteiger partial charge in [-0.1, -0.05) is 24.6 Å². The Morgan fingerprint density at radius 1 is 1.20 bits per heavy atom. The van der Waals surface area contributed by atoms with E-state index in [1.165, 1.54) is 7.11 Å². The van der Waals surface area contributed by atoms with Crippen LogP contribution in [0, 0.1) is 0 Å². The van der Waals surface area contributed by atoms with Crippen molar-refractivity contribution in [3.05, 3.63) is 58.0 Å². The smallest absolute Gasteiger partial charge is 0.344 e. The van der Waals surface area contributed by atoms with Crippen LogP contribution in [-0.2, 0) is 9.59 Å². The molecule has 1 saturated heterocycles. The Hall–Kier alpha value is -2.97. The van der Waals surface area contributed by atoms with Crippen LogP contribution in [0.5, 0.6) is 11.5 Å². The molecule has 30 heavy (non-hydrogen) atoms. The summed E-state index contributed by atoms with van der Waals surface area (Å²) in [6, 6.07) is 11.2. The summed E-state index contributed by atoms with van der Waals surface area (Å²) in [5.41, 5.74) is 1.04. The number of hydrogen-bond donors (Lipinski definition) is 1. The van der Waals surface area contributed by atoms with Crippen molar-refractivity contribution >= 4 is 52.2 Å². The molecule has 0 bridgehead atoms. The summed E-state index contributed by atoms with van der Waals surface area (Å²) in [5.74, 6) is -0.915. The van der Waals surface area contributed by atoms with Crippen LogP contribution in [0.15, 0.2) is 47.4 Å². The lowest BCUT2D eigenvalue weighted by Gasteiger charge is -2.16. The maximum Gasteiger partial charge on any atom is 0.344 e. The van der Waals surface area contributed by atoms with Gasteiger partial charge >= 0.3 is 5.97 Å². The van der Waals surface area contributed by atoms with Crippen molar-refractivity contribution in [3.63, 3.8) is 0 Å². The molecule has 2 aromatic carbocycles. The molecule has 156 valence electrons. The number of anilines is 1. The Bertz CT molecular complexity index is 1020. The molecule has 1 N–H and O–H groups in total. The van der Waals surface area contributed by atoms with Gasteiger partial charge < -0.3 is 14.6 Å². The number of thioether (sulfide) groups is 1. The van der Waals surface area contributed by atoms with Gasteiger partial charge in [0.25, 0.3) is 11.1 Å². The number of carboxylic acids is 1. The largest absolute Gasteiger partial charge is 0.493 e. The summed E-state index contributed by atoms with van der Waals surface area (Å²) in [5, 5.41) is 9.27. The molecule has 3 rings (SSSR count). The normalized spacial score (nSPS) is 16.1. The molecule has 0 radical (unpaired) electrons. The number of amides is 2. The summed E-state index contributed by atoms with van der Waals surface area (Å²) in [7, 11) is 1.43. The van der Waals surface area contributed by atoms with Crippen molar-refractivity contribution in [2.24, 2.45) is 0 Å². The Kier molecular flexibility index (Phi) is 6.69. The van der Waals surface area contributed by atoms with Gasteiger partial charge in [0.05, 0.1) is 17.7 Å². The lowest BCUT2D eigenvalue weighted by atomic mass is 10.1. The highest BCUT2D eigenvalue weighted by atomic mass is 35.5. The first-order valence-corrected chi connectivity index (χ1v) is 10.1. The Balaban J connectivity index is 1.86. The van der Waals surface area contributed by atoms with E-state index >= 15 is 0 Å². The van der Waals surface area contributed by atoms with Crippen LogP contribution in [0.3, 0.4) is 0 Å². The second kappa shape index (κ2) is 9.23. The van der Waals surface area contributed by atoms with Gasteiger partial charge in [-0.05, 0) is 66.2 Å². The molecule has 0 spiro atoms. The predicted molar refractivity (Wildman–Crippen MR) is 115 cm³/mol. The third-order valence-corrected chi connectivity index (χ3v) is 5.40. The first kappa shape index (κ1) is 21.7. The van der Waals surface area contributed by atoms with Crippen LogP contribution >= 0.6 is 23.4 Å². The number of hydrogen-bond acceptors (Lipinski definition) is 6. The number of carbonyl (C=O) groups is 3. The minimum Gasteiger partial charge on any atom is -0.493 e. The molecule has 0 aromatic heterocycles. The molecule has 1 atom stereocenters. The Labute approximate surface area is 182 Å². The SMILES string of the molecule is CCC(Oc1ccc(/C=C2/SC(=O)N(c3ccc(Cl)cc3)C2=O)cc1OC)C(=O)O. The number of aliphatic carboxylic acids is 1. The third kappa shape index (κ3) is 4.60. The Morgan fingerprint density at radius 2 is 1.90 bits per heavy atom. The third-order valence-electron chi connectivity index (χ3n) is 4.28. The van der Waals surface area contributed by atoms with Crippen molar-refractivity contribution in [2.45, 2.75) is 19.4 Å². The minimum absolute atomic E-state index is 0.252. The zero-order chi connectivity index (χ0) is 21.8. The van der Waals surface area contributed by atoms with Crippen LogP contribution in [0.25, 0.3) is 6.08 Å². The maximum atomic E-state index is 12.7. The van der Waals surface area contributed by atoms with Crippen molar-refractivity contribution in [1.82, 2.24) is 0 Å². The number of benzene rings is 2. The Morgan fingerprint density at radius 3 is 2.50 bits per heavy atom. The molecule has 9 heteroatoms. The number of ether oxygens (including phenoxy) is 2. The first-order chi connectivity index (χ1) is 14.3. The number of methoxy groups -OCH3 is 1. The van der Waals surface area contributed by atoms with E-state index in [-0.39, 0.29) is 17.1 Å². The highest BCUT2D eigenvalue weighted by molar-refractivity contribution is 8.19. The van der Waals surface area contributed by atoms with Gasteiger partial charge in [-0.15, -0.1) is 0 Å². The summed E-state index contributed by atoms with van der Waals surface area (Å²) in [4.78, 5) is 37.6. The molecule has 1 aliphatic rings. The van der Waals surface area contributed by atoms with Gasteiger partial charge in [0.1, 0.15) is 0 Å². The predicted octanol–water partition coefficient (Wildman–Crippen LogP) is 4.83. The average molecular weight is 448 g/mol. The van der Waals surface area contributed by atoms with Gasteiger partial charge in [-0.2, -0.15) is 0 Å². The van der Waals surface area contributed by atoms with Crippen molar-refractivity contribution in [2.75, 3.05) is 12.0 Å². The van der Waals surface area contributed by atoms with E-state index in [0.717, 1.165) is 16.7 Å². The average Bonchev–Trinajstić information content (AvgIpc) is 3.00. The van der Waals surface area contributed by atoms with Crippen LogP contribution in [0.2, 0.25) is 5.02 Å². The molecule has 1 aliphatic heterocycles. The number of carbonyl (C=O) groups excluding carboxylic acids is 2. The highest BCUT2D eigenvalue weighted by Gasteiger charge is 2.36. The van der Waals surface area contributed by atoms with Crippen molar-refractivity contribution in [1.29, 1.82) is 0 Å². The van der Waals surface area contributed by atoms with Crippen molar-refractivity contribution < 1.29 is 29.0 Å². The number of nitrogens with zero attached hydrogens (tertiary/aromatic N) is 1. The van der Waals surface area contributed by atoms with E-state index in [2.05, 4.69) is 0 Å². The number of imide groups is 1. The second-order valence-corrected chi connectivity index (χ2v) is 7.69. The fourth-order valence-corrected chi connectivity index (χ4v) is 3.73. The molecule has 2 amide bonds. The van der Waals surface area contributed by atoms with Gasteiger partial charge in [-0.25, -0.2) is 9.69 Å². The first-order valence-electron chi connectivity index (χ1n) is 8.95. The minimum atomic E-state index is -1.07. The molecular formula is C21H18ClNO6S. The quantitative estimate of drug-likeness (QED) is 0.607. The standard InChI is InChI=1S/C21H18ClNO6S/c1-3-15(20(25)26)29-16-9-4-12(10-17(16)28-2)11-18-19(24)23(21(27)30-18)14-7-5-13(22)6-8-14/h4-11,15H,3H2,1-2H3,(H,25,26)/b18-11+. The molecule has 0 aliphatic carbocycles. The number of carboxylic acid groups (broad SMARTS) is 1. The molecule has 1 fully saturated rings. The second-order valence-electron chi connectivity index (χ2n) is 6.26. The van der Waals surface area contributed by atoms with Crippen LogP contribution in [-0.4, -0.2) is 35.4 Å². The zero-order valence-corrected chi connectivity index (χ0v) is 17.7. The molecule has 2 aromatic rings. The number of rotatable bonds is 7. The van der Waals surface area contributed by atoms with Gasteiger partial charge in [0.15, 0.2) is 17.6 Å². The van der Waals surface area contributed by atoms with Crippen LogP contribution < -0.4 is 14.4 Å². The van der Waals surface area contributed by atoms with E-state index in [9.17, 15) is 19.5 Å². The molecular weight excluding hydrogens is 430 g/mol. The molecule has 0 saturated carbocycles. The summed E-state index contributed by atoms with van der Waals surface area (Å²) >= 11 is 6.69. The maximum absolute atomic E-state index is 12.7. The van der Waals surface area contributed by atoms with E-state index in [1.807, 2.05) is 0 Å². The summed E-state index contributed by atoms with van der Waals surface area (Å²) < 4.78 is 10.8. The van der Waals surface area contributed by atoms with E-state index in [4.69, 9.17) is 21.1 Å². The van der Waals surface area contributed by atoms with Gasteiger partial charge in [0, 0.05) is 5.02 Å². The lowest BCUT2D eigenvalue weighted by Crippen LogP contribution is -2.27. The van der Waals surface area contributed by atoms with Gasteiger partial charge in [0.2, 0.25) is 0 Å².